The average molecular weight is 259 g/mol. The fourth-order valence-electron chi connectivity index (χ4n) is 2.38. The second-order valence-corrected chi connectivity index (χ2v) is 5.55. The summed E-state index contributed by atoms with van der Waals surface area (Å²) < 4.78 is 2.02. The molecule has 0 unspecified atom stereocenters. The van der Waals surface area contributed by atoms with E-state index in [1.54, 1.807) is 0 Å². The van der Waals surface area contributed by atoms with Crippen molar-refractivity contribution in [2.75, 3.05) is 0 Å². The van der Waals surface area contributed by atoms with E-state index < -0.39 is 0 Å². The third kappa shape index (κ3) is 2.40. The van der Waals surface area contributed by atoms with Crippen LogP contribution in [0.15, 0.2) is 30.3 Å². The number of aromatic nitrogens is 3. The molecule has 4 nitrogen and oxygen atoms in total. The Balaban J connectivity index is 2.55. The van der Waals surface area contributed by atoms with Gasteiger partial charge >= 0.3 is 0 Å². The van der Waals surface area contributed by atoms with Gasteiger partial charge in [0.15, 0.2) is 5.82 Å². The molecule has 0 spiro atoms. The van der Waals surface area contributed by atoms with E-state index in [2.05, 4.69) is 50.0 Å². The number of rotatable bonds is 4. The minimum atomic E-state index is -0.244. The van der Waals surface area contributed by atoms with Crippen LogP contribution in [0.4, 0.5) is 0 Å². The van der Waals surface area contributed by atoms with Crippen LogP contribution in [-0.4, -0.2) is 19.9 Å². The van der Waals surface area contributed by atoms with Crippen molar-refractivity contribution in [3.63, 3.8) is 0 Å². The first-order chi connectivity index (χ1) is 8.98. The number of benzene rings is 1. The van der Waals surface area contributed by atoms with Gasteiger partial charge in [-0.1, -0.05) is 30.3 Å². The molecule has 0 aliphatic heterocycles. The van der Waals surface area contributed by atoms with Gasteiger partial charge in [0.2, 0.25) is 0 Å². The Labute approximate surface area is 114 Å². The van der Waals surface area contributed by atoms with Crippen LogP contribution >= 0.6 is 0 Å². The maximum Gasteiger partial charge on any atom is 0.159 e. The lowest BCUT2D eigenvalue weighted by molar-refractivity contribution is 0.260. The van der Waals surface area contributed by atoms with Crippen molar-refractivity contribution in [3.05, 3.63) is 47.5 Å². The van der Waals surface area contributed by atoms with Crippen molar-refractivity contribution in [1.82, 2.24) is 14.8 Å². The van der Waals surface area contributed by atoms with Gasteiger partial charge < -0.3 is 9.67 Å². The molecule has 1 aromatic heterocycles. The molecule has 1 aromatic carbocycles. The summed E-state index contributed by atoms with van der Waals surface area (Å²) in [5.74, 6) is 1.51. The molecule has 0 atom stereocenters. The number of hydrogen-bond donors (Lipinski definition) is 1. The summed E-state index contributed by atoms with van der Waals surface area (Å²) in [7, 11) is 0. The van der Waals surface area contributed by atoms with E-state index in [0.29, 0.717) is 5.82 Å². The number of aliphatic hydroxyl groups excluding tert-OH is 1. The first-order valence-electron chi connectivity index (χ1n) is 6.59. The molecule has 0 radical (unpaired) electrons. The molecule has 0 amide bonds. The van der Waals surface area contributed by atoms with Gasteiger partial charge in [-0.2, -0.15) is 0 Å². The van der Waals surface area contributed by atoms with Crippen molar-refractivity contribution >= 4 is 0 Å². The lowest BCUT2D eigenvalue weighted by atomic mass is 9.83. The molecule has 2 aromatic rings. The van der Waals surface area contributed by atoms with E-state index >= 15 is 0 Å². The van der Waals surface area contributed by atoms with Crippen molar-refractivity contribution < 1.29 is 5.11 Å². The summed E-state index contributed by atoms with van der Waals surface area (Å²) in [4.78, 5) is 0. The van der Waals surface area contributed by atoms with E-state index in [9.17, 15) is 5.11 Å². The fourth-order valence-corrected chi connectivity index (χ4v) is 2.38. The molecule has 4 heteroatoms. The highest BCUT2D eigenvalue weighted by atomic mass is 16.3. The quantitative estimate of drug-likeness (QED) is 0.918. The molecule has 0 aliphatic carbocycles. The second kappa shape index (κ2) is 5.13. The minimum Gasteiger partial charge on any atom is -0.388 e. The van der Waals surface area contributed by atoms with Crippen LogP contribution in [0.2, 0.25) is 0 Å². The van der Waals surface area contributed by atoms with Gasteiger partial charge in [-0.3, -0.25) is 0 Å². The van der Waals surface area contributed by atoms with Gasteiger partial charge in [0.05, 0.1) is 0 Å². The zero-order valence-electron chi connectivity index (χ0n) is 12.0. The molecule has 0 saturated carbocycles. The topological polar surface area (TPSA) is 50.9 Å². The largest absolute Gasteiger partial charge is 0.388 e. The number of aliphatic hydroxyl groups is 1. The molecule has 0 fully saturated rings. The molecular formula is C15H21N3O. The van der Waals surface area contributed by atoms with Crippen LogP contribution in [0.3, 0.4) is 0 Å². The van der Waals surface area contributed by atoms with Crippen molar-refractivity contribution in [2.45, 2.75) is 45.8 Å². The van der Waals surface area contributed by atoms with Crippen molar-refractivity contribution in [1.29, 1.82) is 0 Å². The predicted octanol–water partition coefficient (Wildman–Crippen LogP) is 2.68. The average Bonchev–Trinajstić information content (AvgIpc) is 2.84. The Morgan fingerprint density at radius 2 is 1.79 bits per heavy atom. The van der Waals surface area contributed by atoms with E-state index in [4.69, 9.17) is 0 Å². The zero-order valence-corrected chi connectivity index (χ0v) is 12.0. The summed E-state index contributed by atoms with van der Waals surface area (Å²) in [6.45, 7) is 8.33. The molecule has 0 saturated heterocycles. The Hall–Kier alpha value is -1.68. The number of hydrogen-bond acceptors (Lipinski definition) is 3. The fraction of sp³-hybridized carbons (Fsp3) is 0.467. The van der Waals surface area contributed by atoms with Gasteiger partial charge in [-0.15, -0.1) is 10.2 Å². The molecule has 1 heterocycles. The summed E-state index contributed by atoms with van der Waals surface area (Å²) in [6, 6.07) is 10.5. The van der Waals surface area contributed by atoms with Crippen LogP contribution in [-0.2, 0) is 12.0 Å². The van der Waals surface area contributed by atoms with Crippen molar-refractivity contribution in [3.8, 4) is 0 Å². The second-order valence-electron chi connectivity index (χ2n) is 5.55. The lowest BCUT2D eigenvalue weighted by Crippen LogP contribution is -2.26. The Morgan fingerprint density at radius 1 is 1.16 bits per heavy atom. The first-order valence-corrected chi connectivity index (χ1v) is 6.59. The van der Waals surface area contributed by atoms with Gasteiger partial charge in [0.25, 0.3) is 0 Å². The lowest BCUT2D eigenvalue weighted by Gasteiger charge is -2.27. The van der Waals surface area contributed by atoms with Crippen LogP contribution in [0.5, 0.6) is 0 Å². The molecule has 19 heavy (non-hydrogen) atoms. The highest BCUT2D eigenvalue weighted by molar-refractivity contribution is 5.31. The molecule has 102 valence electrons. The van der Waals surface area contributed by atoms with Gasteiger partial charge in [0, 0.05) is 11.5 Å². The van der Waals surface area contributed by atoms with Crippen LogP contribution in [0.1, 0.15) is 50.9 Å². The number of nitrogens with zero attached hydrogens (tertiary/aromatic N) is 3. The predicted molar refractivity (Wildman–Crippen MR) is 74.9 cm³/mol. The Morgan fingerprint density at radius 3 is 2.32 bits per heavy atom. The van der Waals surface area contributed by atoms with Crippen molar-refractivity contribution in [2.24, 2.45) is 0 Å². The van der Waals surface area contributed by atoms with Crippen LogP contribution in [0, 0.1) is 0 Å². The van der Waals surface area contributed by atoms with Crippen LogP contribution < -0.4 is 0 Å². The van der Waals surface area contributed by atoms with Gasteiger partial charge in [-0.05, 0) is 33.3 Å². The third-order valence-electron chi connectivity index (χ3n) is 3.48. The van der Waals surface area contributed by atoms with E-state index in [1.165, 1.54) is 5.56 Å². The smallest absolute Gasteiger partial charge is 0.159 e. The monoisotopic (exact) mass is 259 g/mol. The molecular weight excluding hydrogens is 238 g/mol. The highest BCUT2D eigenvalue weighted by Gasteiger charge is 2.30. The summed E-state index contributed by atoms with van der Waals surface area (Å²) in [5, 5.41) is 17.8. The molecule has 0 bridgehead atoms. The maximum absolute atomic E-state index is 9.39. The summed E-state index contributed by atoms with van der Waals surface area (Å²) in [6.07, 6.45) is 0. The molecule has 1 N–H and O–H groups in total. The summed E-state index contributed by atoms with van der Waals surface area (Å²) >= 11 is 0. The maximum atomic E-state index is 9.39. The third-order valence-corrected chi connectivity index (χ3v) is 3.48. The van der Waals surface area contributed by atoms with Gasteiger partial charge in [0.1, 0.15) is 12.4 Å². The SMILES string of the molecule is CC(C)n1c(CO)nnc1C(C)(C)c1ccccc1. The molecule has 2 rings (SSSR count). The first kappa shape index (κ1) is 13.7. The Kier molecular flexibility index (Phi) is 3.71. The van der Waals surface area contributed by atoms with Gasteiger partial charge in [-0.25, -0.2) is 0 Å². The van der Waals surface area contributed by atoms with E-state index in [-0.39, 0.29) is 18.1 Å². The van der Waals surface area contributed by atoms with Crippen LogP contribution in [0.25, 0.3) is 0 Å². The standard InChI is InChI=1S/C15H21N3O/c1-11(2)18-13(10-19)16-17-14(18)15(3,4)12-8-6-5-7-9-12/h5-9,11,19H,10H2,1-4H3. The Bertz CT molecular complexity index is 544. The van der Waals surface area contributed by atoms with E-state index in [1.807, 2.05) is 22.8 Å². The van der Waals surface area contributed by atoms with E-state index in [0.717, 1.165) is 5.82 Å². The highest BCUT2D eigenvalue weighted by Crippen LogP contribution is 2.31. The normalized spacial score (nSPS) is 12.1. The zero-order chi connectivity index (χ0) is 14.0. The minimum absolute atomic E-state index is 0.0873. The summed E-state index contributed by atoms with van der Waals surface area (Å²) in [5.41, 5.74) is 0.945. The molecule has 0 aliphatic rings.